The fourth-order valence-corrected chi connectivity index (χ4v) is 1.78. The molecular formula is C13H16N2O2. The summed E-state index contributed by atoms with van der Waals surface area (Å²) in [6.07, 6.45) is 3.42. The Morgan fingerprint density at radius 3 is 2.94 bits per heavy atom. The maximum absolute atomic E-state index is 5.44. The predicted molar refractivity (Wildman–Crippen MR) is 65.0 cm³/mol. The van der Waals surface area contributed by atoms with E-state index in [0.29, 0.717) is 0 Å². The van der Waals surface area contributed by atoms with Crippen molar-refractivity contribution >= 4 is 0 Å². The molecule has 1 unspecified atom stereocenters. The summed E-state index contributed by atoms with van der Waals surface area (Å²) in [6, 6.07) is 7.48. The average Bonchev–Trinajstić information content (AvgIpc) is 2.89. The van der Waals surface area contributed by atoms with Crippen molar-refractivity contribution in [1.82, 2.24) is 10.3 Å². The minimum absolute atomic E-state index is 0.0776. The second kappa shape index (κ2) is 5.50. The van der Waals surface area contributed by atoms with E-state index in [9.17, 15) is 0 Å². The first-order chi connectivity index (χ1) is 8.36. The largest absolute Gasteiger partial charge is 0.495 e. The summed E-state index contributed by atoms with van der Waals surface area (Å²) in [6.45, 7) is 2.87. The third-order valence-electron chi connectivity index (χ3n) is 2.53. The van der Waals surface area contributed by atoms with Crippen molar-refractivity contribution in [3.8, 4) is 5.75 Å². The third kappa shape index (κ3) is 2.47. The Labute approximate surface area is 101 Å². The van der Waals surface area contributed by atoms with E-state index in [-0.39, 0.29) is 6.04 Å². The van der Waals surface area contributed by atoms with Gasteiger partial charge in [0.05, 0.1) is 13.4 Å². The standard InChI is InChI=1S/C13H16N2O2/c1-3-14-13(11-7-5-9-17-11)12-10(16-2)6-4-8-15-12/h4-9,13-14H,3H2,1-2H3. The Morgan fingerprint density at radius 2 is 2.29 bits per heavy atom. The highest BCUT2D eigenvalue weighted by Gasteiger charge is 2.20. The van der Waals surface area contributed by atoms with Crippen LogP contribution in [0, 0.1) is 0 Å². The van der Waals surface area contributed by atoms with E-state index in [4.69, 9.17) is 9.15 Å². The number of pyridine rings is 1. The predicted octanol–water partition coefficient (Wildman–Crippen LogP) is 2.38. The SMILES string of the molecule is CCNC(c1ccco1)c1ncccc1OC. The highest BCUT2D eigenvalue weighted by Crippen LogP contribution is 2.27. The quantitative estimate of drug-likeness (QED) is 0.859. The summed E-state index contributed by atoms with van der Waals surface area (Å²) >= 11 is 0. The fourth-order valence-electron chi connectivity index (χ4n) is 1.78. The summed E-state index contributed by atoms with van der Waals surface area (Å²) < 4.78 is 10.8. The van der Waals surface area contributed by atoms with E-state index in [1.54, 1.807) is 19.6 Å². The molecule has 1 atom stereocenters. The highest BCUT2D eigenvalue weighted by atomic mass is 16.5. The monoisotopic (exact) mass is 232 g/mol. The lowest BCUT2D eigenvalue weighted by atomic mass is 10.1. The lowest BCUT2D eigenvalue weighted by Crippen LogP contribution is -2.23. The maximum atomic E-state index is 5.44. The summed E-state index contributed by atoms with van der Waals surface area (Å²) in [5.41, 5.74) is 0.840. The number of methoxy groups -OCH3 is 1. The molecule has 1 N–H and O–H groups in total. The zero-order valence-electron chi connectivity index (χ0n) is 10.0. The zero-order valence-corrected chi connectivity index (χ0v) is 10.0. The van der Waals surface area contributed by atoms with Gasteiger partial charge in [0.15, 0.2) is 0 Å². The van der Waals surface area contributed by atoms with Crippen LogP contribution >= 0.6 is 0 Å². The van der Waals surface area contributed by atoms with Gasteiger partial charge in [0.25, 0.3) is 0 Å². The number of hydrogen-bond donors (Lipinski definition) is 1. The number of furan rings is 1. The van der Waals surface area contributed by atoms with Crippen molar-refractivity contribution < 1.29 is 9.15 Å². The van der Waals surface area contributed by atoms with Crippen molar-refractivity contribution in [1.29, 1.82) is 0 Å². The van der Waals surface area contributed by atoms with Crippen LogP contribution in [0.4, 0.5) is 0 Å². The zero-order chi connectivity index (χ0) is 12.1. The van der Waals surface area contributed by atoms with Crippen LogP contribution in [0.3, 0.4) is 0 Å². The molecule has 17 heavy (non-hydrogen) atoms. The van der Waals surface area contributed by atoms with Crippen molar-refractivity contribution in [3.05, 3.63) is 48.2 Å². The summed E-state index contributed by atoms with van der Waals surface area (Å²) in [7, 11) is 1.64. The van der Waals surface area contributed by atoms with Gasteiger partial charge in [-0.15, -0.1) is 0 Å². The minimum Gasteiger partial charge on any atom is -0.495 e. The summed E-state index contributed by atoms with van der Waals surface area (Å²) in [5, 5.41) is 3.34. The van der Waals surface area contributed by atoms with E-state index in [1.165, 1.54) is 0 Å². The Hall–Kier alpha value is -1.81. The number of ether oxygens (including phenoxy) is 1. The molecule has 4 heteroatoms. The molecule has 0 amide bonds. The first-order valence-corrected chi connectivity index (χ1v) is 5.62. The van der Waals surface area contributed by atoms with E-state index < -0.39 is 0 Å². The molecule has 0 aliphatic rings. The van der Waals surface area contributed by atoms with Gasteiger partial charge < -0.3 is 14.5 Å². The van der Waals surface area contributed by atoms with Gasteiger partial charge in [0.2, 0.25) is 0 Å². The van der Waals surface area contributed by atoms with Crippen LogP contribution in [0.2, 0.25) is 0 Å². The number of hydrogen-bond acceptors (Lipinski definition) is 4. The molecule has 2 aromatic rings. The van der Waals surface area contributed by atoms with Crippen molar-refractivity contribution in [2.45, 2.75) is 13.0 Å². The maximum Gasteiger partial charge on any atom is 0.142 e. The van der Waals surface area contributed by atoms with E-state index >= 15 is 0 Å². The molecular weight excluding hydrogens is 216 g/mol. The van der Waals surface area contributed by atoms with Gasteiger partial charge in [-0.2, -0.15) is 0 Å². The van der Waals surface area contributed by atoms with Crippen LogP contribution in [-0.2, 0) is 0 Å². The molecule has 0 saturated carbocycles. The van der Waals surface area contributed by atoms with Gasteiger partial charge >= 0.3 is 0 Å². The molecule has 2 heterocycles. The number of rotatable bonds is 5. The van der Waals surface area contributed by atoms with Crippen LogP contribution < -0.4 is 10.1 Å². The molecule has 2 aromatic heterocycles. The molecule has 0 fully saturated rings. The van der Waals surface area contributed by atoms with Crippen LogP contribution in [0.1, 0.15) is 24.4 Å². The molecule has 4 nitrogen and oxygen atoms in total. The van der Waals surface area contributed by atoms with Crippen LogP contribution in [0.15, 0.2) is 41.1 Å². The average molecular weight is 232 g/mol. The van der Waals surface area contributed by atoms with Gasteiger partial charge in [0.1, 0.15) is 23.2 Å². The van der Waals surface area contributed by atoms with Gasteiger partial charge in [-0.25, -0.2) is 0 Å². The van der Waals surface area contributed by atoms with Crippen LogP contribution in [0.25, 0.3) is 0 Å². The molecule has 0 aromatic carbocycles. The van der Waals surface area contributed by atoms with E-state index in [2.05, 4.69) is 10.3 Å². The smallest absolute Gasteiger partial charge is 0.142 e. The molecule has 0 aliphatic carbocycles. The first kappa shape index (κ1) is 11.7. The lowest BCUT2D eigenvalue weighted by molar-refractivity contribution is 0.388. The Morgan fingerprint density at radius 1 is 1.41 bits per heavy atom. The molecule has 0 radical (unpaired) electrons. The Bertz CT molecular complexity index is 454. The first-order valence-electron chi connectivity index (χ1n) is 5.62. The molecule has 2 rings (SSSR count). The van der Waals surface area contributed by atoms with Crippen LogP contribution in [0.5, 0.6) is 5.75 Å². The van der Waals surface area contributed by atoms with Crippen molar-refractivity contribution in [3.63, 3.8) is 0 Å². The minimum atomic E-state index is -0.0776. The summed E-state index contributed by atoms with van der Waals surface area (Å²) in [5.74, 6) is 1.60. The Kier molecular flexibility index (Phi) is 3.77. The van der Waals surface area contributed by atoms with Gasteiger partial charge in [-0.05, 0) is 30.8 Å². The molecule has 90 valence electrons. The highest BCUT2D eigenvalue weighted by molar-refractivity contribution is 5.33. The fraction of sp³-hybridized carbons (Fsp3) is 0.308. The second-order valence-corrected chi connectivity index (χ2v) is 3.60. The molecule has 0 bridgehead atoms. The van der Waals surface area contributed by atoms with Gasteiger partial charge in [-0.1, -0.05) is 6.92 Å². The van der Waals surface area contributed by atoms with Crippen molar-refractivity contribution in [2.24, 2.45) is 0 Å². The summed E-state index contributed by atoms with van der Waals surface area (Å²) in [4.78, 5) is 4.38. The lowest BCUT2D eigenvalue weighted by Gasteiger charge is -2.17. The molecule has 0 aliphatic heterocycles. The second-order valence-electron chi connectivity index (χ2n) is 3.60. The van der Waals surface area contributed by atoms with Gasteiger partial charge in [0, 0.05) is 6.20 Å². The third-order valence-corrected chi connectivity index (χ3v) is 2.53. The number of nitrogens with one attached hydrogen (secondary N) is 1. The van der Waals surface area contributed by atoms with Crippen molar-refractivity contribution in [2.75, 3.05) is 13.7 Å². The van der Waals surface area contributed by atoms with E-state index in [0.717, 1.165) is 23.7 Å². The Balaban J connectivity index is 2.39. The molecule has 0 spiro atoms. The molecule has 0 saturated heterocycles. The normalized spacial score (nSPS) is 12.4. The van der Waals surface area contributed by atoms with Crippen LogP contribution in [-0.4, -0.2) is 18.6 Å². The number of aromatic nitrogens is 1. The van der Waals surface area contributed by atoms with E-state index in [1.807, 2.05) is 31.2 Å². The topological polar surface area (TPSA) is 47.3 Å². The number of nitrogens with zero attached hydrogens (tertiary/aromatic N) is 1. The van der Waals surface area contributed by atoms with Gasteiger partial charge in [-0.3, -0.25) is 4.98 Å².